The van der Waals surface area contributed by atoms with Crippen LogP contribution in [0.4, 0.5) is 17.1 Å². The van der Waals surface area contributed by atoms with Crippen LogP contribution in [0.2, 0.25) is 0 Å². The second kappa shape index (κ2) is 12.6. The minimum atomic E-state index is 0.959. The van der Waals surface area contributed by atoms with Crippen molar-refractivity contribution in [2.24, 2.45) is 0 Å². The zero-order chi connectivity index (χ0) is 36.3. The number of aromatic nitrogens is 3. The summed E-state index contributed by atoms with van der Waals surface area (Å²) in [7, 11) is 0. The molecule has 4 heteroatoms. The number of benzene rings is 8. The molecule has 0 aliphatic carbocycles. The van der Waals surface area contributed by atoms with Gasteiger partial charge in [0, 0.05) is 38.9 Å². The highest BCUT2D eigenvalue weighted by Gasteiger charge is 2.23. The minimum absolute atomic E-state index is 0.959. The smallest absolute Gasteiger partial charge is 0.151 e. The van der Waals surface area contributed by atoms with Crippen LogP contribution >= 0.6 is 0 Å². The Morgan fingerprint density at radius 3 is 1.47 bits per heavy atom. The fraction of sp³-hybridized carbons (Fsp3) is 0. The molecule has 8 aromatic carbocycles. The molecule has 258 valence electrons. The van der Waals surface area contributed by atoms with Gasteiger partial charge in [0.05, 0.1) is 11.0 Å². The summed E-state index contributed by atoms with van der Waals surface area (Å²) in [6.45, 7) is 0. The third kappa shape index (κ3) is 5.03. The molecule has 3 heterocycles. The van der Waals surface area contributed by atoms with Crippen LogP contribution in [0.5, 0.6) is 0 Å². The molecule has 0 aliphatic rings. The van der Waals surface area contributed by atoms with E-state index in [2.05, 4.69) is 220 Å². The summed E-state index contributed by atoms with van der Waals surface area (Å²) in [5.41, 5.74) is 14.3. The molecule has 0 unspecified atom stereocenters. The predicted octanol–water partition coefficient (Wildman–Crippen LogP) is 13.5. The summed E-state index contributed by atoms with van der Waals surface area (Å²) in [5.74, 6) is 0. The van der Waals surface area contributed by atoms with Gasteiger partial charge in [-0.25, -0.2) is 4.98 Å². The lowest BCUT2D eigenvalue weighted by molar-refractivity contribution is 1.12. The van der Waals surface area contributed by atoms with Gasteiger partial charge in [-0.15, -0.1) is 0 Å². The number of anilines is 3. The van der Waals surface area contributed by atoms with E-state index in [9.17, 15) is 0 Å². The highest BCUT2D eigenvalue weighted by molar-refractivity contribution is 6.17. The topological polar surface area (TPSA) is 25.5 Å². The Morgan fingerprint density at radius 2 is 0.855 bits per heavy atom. The fourth-order valence-electron chi connectivity index (χ4n) is 8.33. The molecule has 11 aromatic rings. The first-order valence-electron chi connectivity index (χ1n) is 18.7. The van der Waals surface area contributed by atoms with Crippen LogP contribution in [0.15, 0.2) is 206 Å². The number of pyridine rings is 1. The summed E-state index contributed by atoms with van der Waals surface area (Å²) < 4.78 is 4.74. The van der Waals surface area contributed by atoms with Gasteiger partial charge in [0.1, 0.15) is 11.2 Å². The standard InChI is InChI=1S/C51H34N4/c1-4-14-35(15-5-1)37-24-28-40(29-25-37)53(41-30-26-38(27-31-41)36-16-6-2-7-17-36)42-32-33-48-46(34-42)49-51(54(48)39-18-8-3-9-19-39)55-47-23-13-12-21-44(47)43-20-10-11-22-45(43)50(55)52-49/h1-34H. The van der Waals surface area contributed by atoms with Gasteiger partial charge in [-0.1, -0.05) is 146 Å². The Hall–Kier alpha value is -7.43. The Labute approximate surface area is 318 Å². The lowest BCUT2D eigenvalue weighted by Gasteiger charge is -2.26. The first-order valence-corrected chi connectivity index (χ1v) is 18.7. The first kappa shape index (κ1) is 31.1. The third-order valence-corrected chi connectivity index (χ3v) is 10.9. The molecule has 0 saturated heterocycles. The van der Waals surface area contributed by atoms with Gasteiger partial charge in [-0.3, -0.25) is 8.97 Å². The monoisotopic (exact) mass is 702 g/mol. The summed E-state index contributed by atoms with van der Waals surface area (Å²) in [5, 5.41) is 4.65. The van der Waals surface area contributed by atoms with E-state index < -0.39 is 0 Å². The number of imidazole rings is 1. The molecule has 0 N–H and O–H groups in total. The van der Waals surface area contributed by atoms with E-state index >= 15 is 0 Å². The third-order valence-electron chi connectivity index (χ3n) is 10.9. The van der Waals surface area contributed by atoms with E-state index in [0.717, 1.165) is 61.4 Å². The second-order valence-electron chi connectivity index (χ2n) is 14.0. The molecule has 0 spiro atoms. The molecular weight excluding hydrogens is 669 g/mol. The van der Waals surface area contributed by atoms with E-state index in [1.165, 1.54) is 33.0 Å². The normalized spacial score (nSPS) is 11.6. The average molecular weight is 703 g/mol. The predicted molar refractivity (Wildman–Crippen MR) is 230 cm³/mol. The number of nitrogens with zero attached hydrogens (tertiary/aromatic N) is 4. The maximum Gasteiger partial charge on any atom is 0.151 e. The highest BCUT2D eigenvalue weighted by Crippen LogP contribution is 2.42. The lowest BCUT2D eigenvalue weighted by atomic mass is 10.0. The highest BCUT2D eigenvalue weighted by atomic mass is 15.2. The molecular formula is C51H34N4. The molecule has 55 heavy (non-hydrogen) atoms. The van der Waals surface area contributed by atoms with Gasteiger partial charge in [-0.2, -0.15) is 0 Å². The molecule has 0 bridgehead atoms. The summed E-state index contributed by atoms with van der Waals surface area (Å²) in [6.07, 6.45) is 0. The quantitative estimate of drug-likeness (QED) is 0.161. The average Bonchev–Trinajstić information content (AvgIpc) is 3.81. The minimum Gasteiger partial charge on any atom is -0.310 e. The maximum absolute atomic E-state index is 5.53. The van der Waals surface area contributed by atoms with Crippen molar-refractivity contribution in [2.75, 3.05) is 4.90 Å². The molecule has 0 atom stereocenters. The second-order valence-corrected chi connectivity index (χ2v) is 14.0. The van der Waals surface area contributed by atoms with Crippen molar-refractivity contribution in [3.8, 4) is 27.9 Å². The van der Waals surface area contributed by atoms with Crippen molar-refractivity contribution in [1.82, 2.24) is 14.0 Å². The van der Waals surface area contributed by atoms with Crippen LogP contribution in [-0.4, -0.2) is 14.0 Å². The molecule has 0 saturated carbocycles. The van der Waals surface area contributed by atoms with Crippen LogP contribution in [0.1, 0.15) is 0 Å². The summed E-state index contributed by atoms with van der Waals surface area (Å²) >= 11 is 0. The van der Waals surface area contributed by atoms with Crippen LogP contribution in [0.25, 0.3) is 77.3 Å². The summed E-state index contributed by atoms with van der Waals surface area (Å²) in [6, 6.07) is 73.7. The molecule has 11 rings (SSSR count). The van der Waals surface area contributed by atoms with E-state index in [0.29, 0.717) is 0 Å². The molecule has 0 radical (unpaired) electrons. The van der Waals surface area contributed by atoms with Crippen LogP contribution < -0.4 is 4.90 Å². The largest absolute Gasteiger partial charge is 0.310 e. The van der Waals surface area contributed by atoms with Gasteiger partial charge in [0.2, 0.25) is 0 Å². The van der Waals surface area contributed by atoms with Crippen LogP contribution in [-0.2, 0) is 0 Å². The van der Waals surface area contributed by atoms with Crippen molar-refractivity contribution in [3.05, 3.63) is 206 Å². The Bertz CT molecular complexity index is 3080. The van der Waals surface area contributed by atoms with Gasteiger partial charge in [0.25, 0.3) is 0 Å². The maximum atomic E-state index is 5.53. The summed E-state index contributed by atoms with van der Waals surface area (Å²) in [4.78, 5) is 7.88. The molecule has 3 aromatic heterocycles. The van der Waals surface area contributed by atoms with Crippen molar-refractivity contribution in [2.45, 2.75) is 0 Å². The van der Waals surface area contributed by atoms with E-state index in [1.807, 2.05) is 0 Å². The van der Waals surface area contributed by atoms with Gasteiger partial charge >= 0.3 is 0 Å². The number of fused-ring (bicyclic) bond motifs is 10. The van der Waals surface area contributed by atoms with Crippen LogP contribution in [0, 0.1) is 0 Å². The van der Waals surface area contributed by atoms with Crippen molar-refractivity contribution in [3.63, 3.8) is 0 Å². The fourth-order valence-corrected chi connectivity index (χ4v) is 8.33. The first-order chi connectivity index (χ1) is 27.3. The molecule has 4 nitrogen and oxygen atoms in total. The van der Waals surface area contributed by atoms with Gasteiger partial charge < -0.3 is 4.90 Å². The number of rotatable bonds is 6. The van der Waals surface area contributed by atoms with Crippen molar-refractivity contribution >= 4 is 66.5 Å². The SMILES string of the molecule is c1ccc(-c2ccc(N(c3ccc(-c4ccccc4)cc3)c3ccc4c(c3)c3nc5c6ccccc6c6ccccc6n5c3n4-c3ccccc3)cc2)cc1. The van der Waals surface area contributed by atoms with E-state index in [1.54, 1.807) is 0 Å². The molecule has 0 aliphatic heterocycles. The number of para-hydroxylation sites is 2. The Balaban J connectivity index is 1.17. The van der Waals surface area contributed by atoms with Gasteiger partial charge in [0.15, 0.2) is 5.65 Å². The Kier molecular flexibility index (Phi) is 7.14. The molecule has 0 amide bonds. The van der Waals surface area contributed by atoms with Crippen molar-refractivity contribution < 1.29 is 0 Å². The van der Waals surface area contributed by atoms with E-state index in [-0.39, 0.29) is 0 Å². The van der Waals surface area contributed by atoms with E-state index in [4.69, 9.17) is 4.98 Å². The molecule has 0 fully saturated rings. The zero-order valence-electron chi connectivity index (χ0n) is 29.9. The van der Waals surface area contributed by atoms with Crippen LogP contribution in [0.3, 0.4) is 0 Å². The number of hydrogen-bond acceptors (Lipinski definition) is 2. The lowest BCUT2D eigenvalue weighted by Crippen LogP contribution is -2.10. The van der Waals surface area contributed by atoms with Gasteiger partial charge in [-0.05, 0) is 88.3 Å². The van der Waals surface area contributed by atoms with Crippen molar-refractivity contribution in [1.29, 1.82) is 0 Å². The zero-order valence-corrected chi connectivity index (χ0v) is 29.9. The number of hydrogen-bond donors (Lipinski definition) is 0. The Morgan fingerprint density at radius 1 is 0.364 bits per heavy atom.